The number of pyridine rings is 1. The number of hydrogen-bond donors (Lipinski definition) is 0. The second-order valence-corrected chi connectivity index (χ2v) is 9.45. The maximum Gasteiger partial charge on any atom is 0.274 e. The molecule has 0 bridgehead atoms. The standard InChI is InChI=1S/C24H29N7O2/c1-17(2)31-14-21(26-16-31)19-13-30(22(32)20-6-9-28(3)27-20)15-24(19)7-10-29(23(24)33)12-18-5-4-8-25-11-18/h4-6,8-9,11,14,16-17,19H,7,10,12-13,15H2,1-3H3/t19-,24+/m0/s1. The Hall–Kier alpha value is -3.49. The summed E-state index contributed by atoms with van der Waals surface area (Å²) < 4.78 is 3.68. The number of amides is 2. The van der Waals surface area contributed by atoms with Gasteiger partial charge in [-0.25, -0.2) is 4.98 Å². The number of aryl methyl sites for hydroxylation is 1. The van der Waals surface area contributed by atoms with Gasteiger partial charge in [0.15, 0.2) is 0 Å². The molecule has 0 aliphatic carbocycles. The van der Waals surface area contributed by atoms with Gasteiger partial charge < -0.3 is 14.4 Å². The molecule has 9 heteroatoms. The number of rotatable bonds is 5. The molecule has 2 atom stereocenters. The van der Waals surface area contributed by atoms with Gasteiger partial charge in [-0.15, -0.1) is 0 Å². The Morgan fingerprint density at radius 3 is 2.82 bits per heavy atom. The quantitative estimate of drug-likeness (QED) is 0.599. The van der Waals surface area contributed by atoms with Crippen molar-refractivity contribution >= 4 is 11.8 Å². The summed E-state index contributed by atoms with van der Waals surface area (Å²) in [5.41, 5.74) is 1.60. The van der Waals surface area contributed by atoms with Crippen molar-refractivity contribution in [3.63, 3.8) is 0 Å². The van der Waals surface area contributed by atoms with Crippen LogP contribution in [0.5, 0.6) is 0 Å². The summed E-state index contributed by atoms with van der Waals surface area (Å²) in [6.07, 6.45) is 9.84. The zero-order chi connectivity index (χ0) is 23.2. The number of carbonyl (C=O) groups excluding carboxylic acids is 2. The first kappa shape index (κ1) is 21.4. The van der Waals surface area contributed by atoms with E-state index in [1.165, 1.54) is 0 Å². The fourth-order valence-corrected chi connectivity index (χ4v) is 5.14. The second kappa shape index (κ2) is 8.13. The largest absolute Gasteiger partial charge is 0.338 e. The van der Waals surface area contributed by atoms with Gasteiger partial charge in [0.25, 0.3) is 5.91 Å². The van der Waals surface area contributed by atoms with Crippen molar-refractivity contribution in [2.75, 3.05) is 19.6 Å². The highest BCUT2D eigenvalue weighted by molar-refractivity contribution is 5.94. The fraction of sp³-hybridized carbons (Fsp3) is 0.458. The maximum atomic E-state index is 13.9. The van der Waals surface area contributed by atoms with E-state index in [0.717, 1.165) is 11.3 Å². The Balaban J connectivity index is 1.47. The first-order chi connectivity index (χ1) is 15.9. The van der Waals surface area contributed by atoms with E-state index in [9.17, 15) is 9.59 Å². The van der Waals surface area contributed by atoms with E-state index >= 15 is 0 Å². The lowest BCUT2D eigenvalue weighted by Crippen LogP contribution is -2.40. The lowest BCUT2D eigenvalue weighted by atomic mass is 9.75. The van der Waals surface area contributed by atoms with Crippen LogP contribution in [0.3, 0.4) is 0 Å². The molecule has 5 rings (SSSR count). The highest BCUT2D eigenvalue weighted by atomic mass is 16.2. The van der Waals surface area contributed by atoms with Crippen LogP contribution in [0.25, 0.3) is 0 Å². The summed E-state index contributed by atoms with van der Waals surface area (Å²) in [6, 6.07) is 5.87. The summed E-state index contributed by atoms with van der Waals surface area (Å²) in [4.78, 5) is 39.7. The summed E-state index contributed by atoms with van der Waals surface area (Å²) in [5, 5.41) is 4.29. The van der Waals surface area contributed by atoms with Crippen LogP contribution in [0.15, 0.2) is 49.3 Å². The molecule has 5 heterocycles. The van der Waals surface area contributed by atoms with Crippen molar-refractivity contribution in [2.45, 2.75) is 38.8 Å². The summed E-state index contributed by atoms with van der Waals surface area (Å²) >= 11 is 0. The van der Waals surface area contributed by atoms with Gasteiger partial charge >= 0.3 is 0 Å². The lowest BCUT2D eigenvalue weighted by molar-refractivity contribution is -0.136. The number of nitrogens with zero attached hydrogens (tertiary/aromatic N) is 7. The molecule has 0 N–H and O–H groups in total. The van der Waals surface area contributed by atoms with Crippen LogP contribution in [-0.4, -0.2) is 65.6 Å². The molecule has 2 aliphatic heterocycles. The summed E-state index contributed by atoms with van der Waals surface area (Å²) in [6.45, 7) is 6.21. The molecular weight excluding hydrogens is 418 g/mol. The maximum absolute atomic E-state index is 13.9. The Morgan fingerprint density at radius 1 is 1.30 bits per heavy atom. The third kappa shape index (κ3) is 3.71. The molecule has 3 aromatic heterocycles. The highest BCUT2D eigenvalue weighted by Crippen LogP contribution is 2.50. The van der Waals surface area contributed by atoms with Crippen molar-refractivity contribution in [3.8, 4) is 0 Å². The molecule has 0 saturated carbocycles. The Labute approximate surface area is 193 Å². The smallest absolute Gasteiger partial charge is 0.274 e. The van der Waals surface area contributed by atoms with E-state index in [1.54, 1.807) is 41.3 Å². The Morgan fingerprint density at radius 2 is 2.15 bits per heavy atom. The topological polar surface area (TPSA) is 89.2 Å². The van der Waals surface area contributed by atoms with Gasteiger partial charge in [0.1, 0.15) is 5.69 Å². The Bertz CT molecular complexity index is 1170. The zero-order valence-corrected chi connectivity index (χ0v) is 19.3. The molecule has 2 fully saturated rings. The third-order valence-corrected chi connectivity index (χ3v) is 6.97. The van der Waals surface area contributed by atoms with E-state index in [1.807, 2.05) is 29.6 Å². The van der Waals surface area contributed by atoms with E-state index in [4.69, 9.17) is 0 Å². The van der Waals surface area contributed by atoms with E-state index in [0.29, 0.717) is 38.3 Å². The van der Waals surface area contributed by atoms with Crippen LogP contribution >= 0.6 is 0 Å². The number of carbonyl (C=O) groups is 2. The molecule has 0 aromatic carbocycles. The molecule has 1 spiro atoms. The number of hydrogen-bond acceptors (Lipinski definition) is 5. The SMILES string of the molecule is CC(C)n1cnc([C@@H]2CN(C(=O)c3ccn(C)n3)C[C@]23CCN(Cc2cccnc2)C3=O)c1. The molecule has 0 radical (unpaired) electrons. The second-order valence-electron chi connectivity index (χ2n) is 9.45. The van der Waals surface area contributed by atoms with Crippen molar-refractivity contribution in [1.82, 2.24) is 34.1 Å². The monoisotopic (exact) mass is 447 g/mol. The van der Waals surface area contributed by atoms with E-state index < -0.39 is 5.41 Å². The predicted molar refractivity (Wildman–Crippen MR) is 121 cm³/mol. The molecule has 2 amide bonds. The minimum atomic E-state index is -0.678. The van der Waals surface area contributed by atoms with Crippen LogP contribution in [0, 0.1) is 5.41 Å². The van der Waals surface area contributed by atoms with Gasteiger partial charge in [-0.2, -0.15) is 5.10 Å². The van der Waals surface area contributed by atoms with Crippen molar-refractivity contribution in [2.24, 2.45) is 12.5 Å². The van der Waals surface area contributed by atoms with Crippen LogP contribution in [0.4, 0.5) is 0 Å². The number of imidazole rings is 1. The third-order valence-electron chi connectivity index (χ3n) is 6.97. The van der Waals surface area contributed by atoms with Gasteiger partial charge in [-0.1, -0.05) is 6.07 Å². The normalized spacial score (nSPS) is 22.8. The average molecular weight is 448 g/mol. The average Bonchev–Trinajstić information content (AvgIpc) is 3.58. The first-order valence-electron chi connectivity index (χ1n) is 11.4. The Kier molecular flexibility index (Phi) is 5.26. The molecule has 33 heavy (non-hydrogen) atoms. The van der Waals surface area contributed by atoms with Gasteiger partial charge in [0.05, 0.1) is 17.4 Å². The fourth-order valence-electron chi connectivity index (χ4n) is 5.14. The van der Waals surface area contributed by atoms with Crippen molar-refractivity contribution in [3.05, 3.63) is 66.3 Å². The van der Waals surface area contributed by atoms with Gasteiger partial charge in [0.2, 0.25) is 5.91 Å². The number of likely N-dealkylation sites (tertiary alicyclic amines) is 2. The van der Waals surface area contributed by atoms with Crippen LogP contribution in [-0.2, 0) is 18.4 Å². The molecule has 2 saturated heterocycles. The number of aromatic nitrogens is 5. The van der Waals surface area contributed by atoms with Gasteiger partial charge in [-0.3, -0.25) is 19.3 Å². The van der Waals surface area contributed by atoms with Crippen LogP contribution < -0.4 is 0 Å². The van der Waals surface area contributed by atoms with E-state index in [-0.39, 0.29) is 23.8 Å². The zero-order valence-electron chi connectivity index (χ0n) is 19.3. The molecule has 172 valence electrons. The van der Waals surface area contributed by atoms with Crippen LogP contribution in [0.2, 0.25) is 0 Å². The molecule has 2 aliphatic rings. The summed E-state index contributed by atoms with van der Waals surface area (Å²) in [7, 11) is 1.79. The van der Waals surface area contributed by atoms with Gasteiger partial charge in [0, 0.05) is 70.0 Å². The summed E-state index contributed by atoms with van der Waals surface area (Å²) in [5.74, 6) is -0.206. The first-order valence-corrected chi connectivity index (χ1v) is 11.4. The van der Waals surface area contributed by atoms with Crippen LogP contribution in [0.1, 0.15) is 54.0 Å². The van der Waals surface area contributed by atoms with E-state index in [2.05, 4.69) is 33.5 Å². The van der Waals surface area contributed by atoms with Crippen molar-refractivity contribution < 1.29 is 9.59 Å². The van der Waals surface area contributed by atoms with Crippen molar-refractivity contribution in [1.29, 1.82) is 0 Å². The highest BCUT2D eigenvalue weighted by Gasteiger charge is 2.58. The minimum absolute atomic E-state index is 0.0896. The lowest BCUT2D eigenvalue weighted by Gasteiger charge is -2.27. The minimum Gasteiger partial charge on any atom is -0.338 e. The molecule has 9 nitrogen and oxygen atoms in total. The molecular formula is C24H29N7O2. The predicted octanol–water partition coefficient (Wildman–Crippen LogP) is 2.25. The molecule has 0 unspecified atom stereocenters. The van der Waals surface area contributed by atoms with Gasteiger partial charge in [-0.05, 0) is 38.0 Å². The molecule has 3 aromatic rings.